The lowest BCUT2D eigenvalue weighted by Crippen LogP contribution is -2.07. The molecule has 0 unspecified atom stereocenters. The smallest absolute Gasteiger partial charge is 0.249 e. The lowest BCUT2D eigenvalue weighted by molar-refractivity contribution is 0.965. The first-order valence-corrected chi connectivity index (χ1v) is 6.95. The van der Waals surface area contributed by atoms with Crippen LogP contribution in [0.15, 0.2) is 42.7 Å². The van der Waals surface area contributed by atoms with Crippen LogP contribution >= 0.6 is 0 Å². The maximum absolute atomic E-state index is 4.43. The zero-order valence-electron chi connectivity index (χ0n) is 11.3. The minimum atomic E-state index is 0.471. The number of aromatic nitrogens is 4. The zero-order valence-corrected chi connectivity index (χ0v) is 11.3. The second kappa shape index (κ2) is 4.97. The summed E-state index contributed by atoms with van der Waals surface area (Å²) in [6.45, 7) is 0. The SMILES string of the molecule is c1cnc2c(Nc3nncc(NC4CC4)n3)cccc2c1. The summed E-state index contributed by atoms with van der Waals surface area (Å²) < 4.78 is 0. The van der Waals surface area contributed by atoms with Crippen molar-refractivity contribution in [2.45, 2.75) is 18.9 Å². The quantitative estimate of drug-likeness (QED) is 0.764. The second-order valence-electron chi connectivity index (χ2n) is 5.09. The number of anilines is 3. The lowest BCUT2D eigenvalue weighted by Gasteiger charge is -2.08. The van der Waals surface area contributed by atoms with Gasteiger partial charge in [0.05, 0.1) is 17.4 Å². The predicted octanol–water partition coefficient (Wildman–Crippen LogP) is 2.74. The fourth-order valence-electron chi connectivity index (χ4n) is 2.19. The Morgan fingerprint density at radius 1 is 1.10 bits per heavy atom. The molecule has 1 aliphatic carbocycles. The van der Waals surface area contributed by atoms with Gasteiger partial charge in [-0.2, -0.15) is 10.1 Å². The molecule has 1 aliphatic rings. The van der Waals surface area contributed by atoms with Crippen LogP contribution in [-0.2, 0) is 0 Å². The van der Waals surface area contributed by atoms with Crippen LogP contribution in [0.4, 0.5) is 17.5 Å². The van der Waals surface area contributed by atoms with E-state index in [2.05, 4.69) is 30.8 Å². The Hall–Kier alpha value is -2.76. The van der Waals surface area contributed by atoms with Crippen LogP contribution in [0, 0.1) is 0 Å². The van der Waals surface area contributed by atoms with Crippen molar-refractivity contribution in [2.75, 3.05) is 10.6 Å². The molecule has 0 spiro atoms. The largest absolute Gasteiger partial charge is 0.366 e. The highest BCUT2D eigenvalue weighted by molar-refractivity contribution is 5.91. The van der Waals surface area contributed by atoms with Gasteiger partial charge in [0.25, 0.3) is 0 Å². The van der Waals surface area contributed by atoms with Crippen molar-refractivity contribution in [1.29, 1.82) is 0 Å². The Bertz CT molecular complexity index is 778. The highest BCUT2D eigenvalue weighted by Gasteiger charge is 2.21. The van der Waals surface area contributed by atoms with Gasteiger partial charge in [-0.3, -0.25) is 4.98 Å². The summed E-state index contributed by atoms with van der Waals surface area (Å²) >= 11 is 0. The van der Waals surface area contributed by atoms with Gasteiger partial charge < -0.3 is 10.6 Å². The molecule has 2 N–H and O–H groups in total. The summed E-state index contributed by atoms with van der Waals surface area (Å²) in [5.41, 5.74) is 1.77. The first kappa shape index (κ1) is 12.0. The van der Waals surface area contributed by atoms with Crippen molar-refractivity contribution in [3.63, 3.8) is 0 Å². The van der Waals surface area contributed by atoms with E-state index in [0.29, 0.717) is 12.0 Å². The average Bonchev–Trinajstić information content (AvgIpc) is 3.32. The Morgan fingerprint density at radius 2 is 2.00 bits per heavy atom. The van der Waals surface area contributed by atoms with Crippen LogP contribution in [0.5, 0.6) is 0 Å². The number of nitrogens with zero attached hydrogens (tertiary/aromatic N) is 4. The molecule has 2 heterocycles. The fraction of sp³-hybridized carbons (Fsp3) is 0.200. The zero-order chi connectivity index (χ0) is 14.1. The van der Waals surface area contributed by atoms with Gasteiger partial charge in [0.15, 0.2) is 5.82 Å². The van der Waals surface area contributed by atoms with Crippen molar-refractivity contribution in [3.8, 4) is 0 Å². The summed E-state index contributed by atoms with van der Waals surface area (Å²) in [4.78, 5) is 8.84. The van der Waals surface area contributed by atoms with E-state index in [1.165, 1.54) is 12.8 Å². The number of hydrogen-bond acceptors (Lipinski definition) is 6. The highest BCUT2D eigenvalue weighted by Crippen LogP contribution is 2.25. The Kier molecular flexibility index (Phi) is 2.85. The van der Waals surface area contributed by atoms with E-state index in [1.807, 2.05) is 30.3 Å². The third-order valence-corrected chi connectivity index (χ3v) is 3.37. The van der Waals surface area contributed by atoms with Gasteiger partial charge in [-0.1, -0.05) is 18.2 Å². The molecular weight excluding hydrogens is 264 g/mol. The lowest BCUT2D eigenvalue weighted by atomic mass is 10.2. The molecule has 0 radical (unpaired) electrons. The molecule has 6 nitrogen and oxygen atoms in total. The van der Waals surface area contributed by atoms with E-state index in [1.54, 1.807) is 12.4 Å². The van der Waals surface area contributed by atoms with E-state index in [-0.39, 0.29) is 0 Å². The van der Waals surface area contributed by atoms with Crippen molar-refractivity contribution >= 4 is 28.4 Å². The monoisotopic (exact) mass is 278 g/mol. The number of rotatable bonds is 4. The summed E-state index contributed by atoms with van der Waals surface area (Å²) in [6, 6.07) is 10.4. The molecule has 1 aromatic carbocycles. The molecule has 2 aromatic heterocycles. The van der Waals surface area contributed by atoms with Crippen LogP contribution in [0.25, 0.3) is 10.9 Å². The number of fused-ring (bicyclic) bond motifs is 1. The molecule has 0 amide bonds. The Labute approximate surface area is 121 Å². The molecular formula is C15H14N6. The van der Waals surface area contributed by atoms with Gasteiger partial charge >= 0.3 is 0 Å². The van der Waals surface area contributed by atoms with Gasteiger partial charge in [0.1, 0.15) is 0 Å². The minimum absolute atomic E-state index is 0.471. The standard InChI is InChI=1S/C15H14N6/c1-3-10-4-2-8-16-14(10)12(5-1)19-15-20-13(9-17-21-15)18-11-6-7-11/h1-5,8-9,11H,6-7H2,(H2,18,19,20,21). The number of pyridine rings is 1. The van der Waals surface area contributed by atoms with E-state index < -0.39 is 0 Å². The third kappa shape index (κ3) is 2.60. The number of nitrogens with one attached hydrogen (secondary N) is 2. The summed E-state index contributed by atoms with van der Waals surface area (Å²) in [6.07, 6.45) is 5.81. The second-order valence-corrected chi connectivity index (χ2v) is 5.09. The fourth-order valence-corrected chi connectivity index (χ4v) is 2.19. The van der Waals surface area contributed by atoms with Crippen LogP contribution in [0.2, 0.25) is 0 Å². The molecule has 4 rings (SSSR count). The first-order chi connectivity index (χ1) is 10.4. The highest BCUT2D eigenvalue weighted by atomic mass is 15.3. The molecule has 1 fully saturated rings. The van der Waals surface area contributed by atoms with Gasteiger partial charge in [-0.05, 0) is 25.0 Å². The van der Waals surface area contributed by atoms with Gasteiger partial charge in [-0.15, -0.1) is 5.10 Å². The van der Waals surface area contributed by atoms with E-state index in [0.717, 1.165) is 22.4 Å². The molecule has 1 saturated carbocycles. The van der Waals surface area contributed by atoms with Crippen molar-refractivity contribution in [3.05, 3.63) is 42.7 Å². The van der Waals surface area contributed by atoms with Crippen LogP contribution in [-0.4, -0.2) is 26.2 Å². The maximum Gasteiger partial charge on any atom is 0.249 e. The van der Waals surface area contributed by atoms with E-state index in [4.69, 9.17) is 0 Å². The summed E-state index contributed by atoms with van der Waals surface area (Å²) in [7, 11) is 0. The maximum atomic E-state index is 4.43. The van der Waals surface area contributed by atoms with Gasteiger partial charge in [-0.25, -0.2) is 0 Å². The van der Waals surface area contributed by atoms with Crippen molar-refractivity contribution in [2.24, 2.45) is 0 Å². The Balaban J connectivity index is 1.64. The van der Waals surface area contributed by atoms with Crippen LogP contribution < -0.4 is 10.6 Å². The number of hydrogen-bond donors (Lipinski definition) is 2. The molecule has 3 aromatic rings. The predicted molar refractivity (Wildman–Crippen MR) is 81.5 cm³/mol. The third-order valence-electron chi connectivity index (χ3n) is 3.37. The molecule has 0 saturated heterocycles. The van der Waals surface area contributed by atoms with E-state index in [9.17, 15) is 0 Å². The summed E-state index contributed by atoms with van der Waals surface area (Å²) in [5.74, 6) is 1.22. The normalized spacial score (nSPS) is 14.1. The van der Waals surface area contributed by atoms with E-state index >= 15 is 0 Å². The Morgan fingerprint density at radius 3 is 2.90 bits per heavy atom. The molecule has 0 aliphatic heterocycles. The van der Waals surface area contributed by atoms with Crippen LogP contribution in [0.1, 0.15) is 12.8 Å². The summed E-state index contributed by atoms with van der Waals surface area (Å²) in [5, 5.41) is 15.6. The van der Waals surface area contributed by atoms with Crippen molar-refractivity contribution in [1.82, 2.24) is 20.2 Å². The molecule has 21 heavy (non-hydrogen) atoms. The molecule has 0 bridgehead atoms. The number of benzene rings is 1. The van der Waals surface area contributed by atoms with Gasteiger partial charge in [0, 0.05) is 17.6 Å². The number of para-hydroxylation sites is 1. The molecule has 0 atom stereocenters. The average molecular weight is 278 g/mol. The van der Waals surface area contributed by atoms with Gasteiger partial charge in [0.2, 0.25) is 5.95 Å². The molecule has 6 heteroatoms. The van der Waals surface area contributed by atoms with Crippen LogP contribution in [0.3, 0.4) is 0 Å². The molecule has 104 valence electrons. The van der Waals surface area contributed by atoms with Crippen molar-refractivity contribution < 1.29 is 0 Å². The first-order valence-electron chi connectivity index (χ1n) is 6.95. The minimum Gasteiger partial charge on any atom is -0.366 e. The topological polar surface area (TPSA) is 75.6 Å².